The molecule has 2 N–H and O–H groups in total. The number of hydrogen-bond acceptors (Lipinski definition) is 5. The fraction of sp³-hybridized carbons (Fsp3) is 0.952. The monoisotopic (exact) mass is 368 g/mol. The largest absolute Gasteiger partial charge is 0.393 e. The van der Waals surface area contributed by atoms with Crippen molar-refractivity contribution in [2.24, 2.45) is 23.7 Å². The number of carbonyl (C=O) groups is 1. The third-order valence-electron chi connectivity index (χ3n) is 7.24. The lowest BCUT2D eigenvalue weighted by Gasteiger charge is -2.47. The third-order valence-corrected chi connectivity index (χ3v) is 7.24. The Balaban J connectivity index is 1.86. The highest BCUT2D eigenvalue weighted by atomic mass is 16.5. The minimum Gasteiger partial charge on any atom is -0.393 e. The van der Waals surface area contributed by atoms with Crippen LogP contribution in [0.5, 0.6) is 0 Å². The average molecular weight is 369 g/mol. The van der Waals surface area contributed by atoms with E-state index < -0.39 is 6.10 Å². The van der Waals surface area contributed by atoms with Gasteiger partial charge in [0.2, 0.25) is 0 Å². The number of hydrogen-bond donors (Lipinski definition) is 2. The minimum absolute atomic E-state index is 0.0135. The van der Waals surface area contributed by atoms with Gasteiger partial charge in [0.15, 0.2) is 0 Å². The summed E-state index contributed by atoms with van der Waals surface area (Å²) in [7, 11) is 3.50. The maximum absolute atomic E-state index is 12.7. The molecule has 0 radical (unpaired) electrons. The van der Waals surface area contributed by atoms with E-state index in [1.807, 2.05) is 0 Å². The maximum atomic E-state index is 12.7. The van der Waals surface area contributed by atoms with Gasteiger partial charge in [0.25, 0.3) is 0 Å². The number of ether oxygens (including phenoxy) is 2. The Kier molecular flexibility index (Phi) is 7.11. The quantitative estimate of drug-likeness (QED) is 0.784. The lowest BCUT2D eigenvalue weighted by atomic mass is 9.64. The van der Waals surface area contributed by atoms with Crippen LogP contribution in [0, 0.1) is 23.7 Å². The van der Waals surface area contributed by atoms with Crippen LogP contribution in [0.25, 0.3) is 0 Å². The van der Waals surface area contributed by atoms with E-state index in [4.69, 9.17) is 9.47 Å². The molecule has 7 unspecified atom stereocenters. The number of carbonyl (C=O) groups excluding carboxylic acids is 1. The summed E-state index contributed by atoms with van der Waals surface area (Å²) in [5.41, 5.74) is 0. The third kappa shape index (κ3) is 4.49. The second-order valence-electron chi connectivity index (χ2n) is 8.83. The highest BCUT2D eigenvalue weighted by molar-refractivity contribution is 5.81. The molecule has 5 nitrogen and oxygen atoms in total. The van der Waals surface area contributed by atoms with Gasteiger partial charge in [0, 0.05) is 26.6 Å². The van der Waals surface area contributed by atoms with Crippen LogP contribution in [0.15, 0.2) is 0 Å². The van der Waals surface area contributed by atoms with Crippen molar-refractivity contribution in [3.63, 3.8) is 0 Å². The van der Waals surface area contributed by atoms with Crippen molar-refractivity contribution in [2.45, 2.75) is 88.6 Å². The molecule has 3 aliphatic carbocycles. The second-order valence-corrected chi connectivity index (χ2v) is 8.83. The average Bonchev–Trinajstić information content (AvgIpc) is 2.64. The molecule has 0 heterocycles. The zero-order valence-corrected chi connectivity index (χ0v) is 16.3. The van der Waals surface area contributed by atoms with Crippen molar-refractivity contribution in [1.29, 1.82) is 0 Å². The summed E-state index contributed by atoms with van der Waals surface area (Å²) in [5.74, 6) is 1.04. The summed E-state index contributed by atoms with van der Waals surface area (Å²) in [6.07, 6.45) is 7.51. The van der Waals surface area contributed by atoms with Gasteiger partial charge in [-0.1, -0.05) is 19.3 Å². The van der Waals surface area contributed by atoms with E-state index in [1.54, 1.807) is 14.2 Å². The molecule has 0 amide bonds. The molecule has 0 saturated heterocycles. The van der Waals surface area contributed by atoms with Crippen LogP contribution in [0.1, 0.15) is 64.2 Å². The SMILES string of the molecule is COC1CC2CCCC[C@H](O)CC(=O)C3CCC(O)C(C3)C(C2)C1OC. The Hall–Kier alpha value is -0.490. The molecule has 0 aromatic heterocycles. The highest BCUT2D eigenvalue weighted by Crippen LogP contribution is 2.45. The van der Waals surface area contributed by atoms with E-state index in [-0.39, 0.29) is 48.3 Å². The Labute approximate surface area is 157 Å². The first-order valence-corrected chi connectivity index (χ1v) is 10.5. The zero-order valence-electron chi connectivity index (χ0n) is 16.3. The van der Waals surface area contributed by atoms with E-state index >= 15 is 0 Å². The van der Waals surface area contributed by atoms with E-state index in [0.29, 0.717) is 12.3 Å². The van der Waals surface area contributed by atoms with Gasteiger partial charge in [-0.2, -0.15) is 0 Å². The molecular weight excluding hydrogens is 332 g/mol. The molecule has 4 bridgehead atoms. The molecule has 5 heteroatoms. The summed E-state index contributed by atoms with van der Waals surface area (Å²) in [5, 5.41) is 21.0. The number of fused-ring (bicyclic) bond motifs is 5. The first-order valence-electron chi connectivity index (χ1n) is 10.5. The molecule has 0 aromatic carbocycles. The van der Waals surface area contributed by atoms with Gasteiger partial charge in [0.05, 0.1) is 24.4 Å². The summed E-state index contributed by atoms with van der Waals surface area (Å²) in [4.78, 5) is 12.7. The molecular formula is C21H36O5. The van der Waals surface area contributed by atoms with Crippen LogP contribution < -0.4 is 0 Å². The normalized spacial score (nSPS) is 45.3. The molecule has 0 aromatic rings. The van der Waals surface area contributed by atoms with Crippen molar-refractivity contribution in [2.75, 3.05) is 14.2 Å². The van der Waals surface area contributed by atoms with E-state index in [9.17, 15) is 15.0 Å². The number of methoxy groups -OCH3 is 2. The minimum atomic E-state index is -0.508. The molecule has 3 fully saturated rings. The fourth-order valence-electron chi connectivity index (χ4n) is 5.82. The van der Waals surface area contributed by atoms with Crippen molar-refractivity contribution in [1.82, 2.24) is 0 Å². The number of Topliss-reactive ketones (excluding diaryl/α,β-unsaturated/α-hetero) is 1. The van der Waals surface area contributed by atoms with Gasteiger partial charge < -0.3 is 19.7 Å². The molecule has 3 aliphatic rings. The molecule has 26 heavy (non-hydrogen) atoms. The van der Waals surface area contributed by atoms with E-state index in [1.165, 1.54) is 0 Å². The molecule has 0 aliphatic heterocycles. The molecule has 150 valence electrons. The smallest absolute Gasteiger partial charge is 0.138 e. The highest BCUT2D eigenvalue weighted by Gasteiger charge is 2.46. The van der Waals surface area contributed by atoms with Gasteiger partial charge in [0.1, 0.15) is 5.78 Å². The maximum Gasteiger partial charge on any atom is 0.138 e. The number of ketones is 1. The van der Waals surface area contributed by atoms with Gasteiger partial charge in [-0.3, -0.25) is 4.79 Å². The Morgan fingerprint density at radius 1 is 0.885 bits per heavy atom. The van der Waals surface area contributed by atoms with Gasteiger partial charge >= 0.3 is 0 Å². The predicted octanol–water partition coefficient (Wildman–Crippen LogP) is 2.71. The zero-order chi connectivity index (χ0) is 18.7. The first kappa shape index (κ1) is 20.2. The van der Waals surface area contributed by atoms with Crippen molar-refractivity contribution in [3.8, 4) is 0 Å². The van der Waals surface area contributed by atoms with Crippen LogP contribution in [0.4, 0.5) is 0 Å². The number of aliphatic hydroxyl groups is 2. The topological polar surface area (TPSA) is 76.0 Å². The number of aliphatic hydroxyl groups excluding tert-OH is 2. The van der Waals surface area contributed by atoms with Crippen LogP contribution in [-0.4, -0.2) is 54.6 Å². The first-order chi connectivity index (χ1) is 12.5. The Morgan fingerprint density at radius 3 is 2.38 bits per heavy atom. The Morgan fingerprint density at radius 2 is 1.65 bits per heavy atom. The van der Waals surface area contributed by atoms with Crippen LogP contribution in [0.3, 0.4) is 0 Å². The van der Waals surface area contributed by atoms with Gasteiger partial charge in [-0.05, 0) is 56.3 Å². The molecule has 0 spiro atoms. The lowest BCUT2D eigenvalue weighted by Crippen LogP contribution is -2.50. The van der Waals surface area contributed by atoms with Gasteiger partial charge in [-0.15, -0.1) is 0 Å². The fourth-order valence-corrected chi connectivity index (χ4v) is 5.82. The van der Waals surface area contributed by atoms with Crippen molar-refractivity contribution >= 4 is 5.78 Å². The Bertz CT molecular complexity index is 467. The van der Waals surface area contributed by atoms with Crippen LogP contribution in [0.2, 0.25) is 0 Å². The summed E-state index contributed by atoms with van der Waals surface area (Å²) < 4.78 is 11.6. The van der Waals surface area contributed by atoms with Gasteiger partial charge in [-0.25, -0.2) is 0 Å². The summed E-state index contributed by atoms with van der Waals surface area (Å²) in [6, 6.07) is 0. The summed E-state index contributed by atoms with van der Waals surface area (Å²) >= 11 is 0. The van der Waals surface area contributed by atoms with E-state index in [2.05, 4.69) is 0 Å². The molecule has 3 saturated carbocycles. The van der Waals surface area contributed by atoms with Crippen molar-refractivity contribution in [3.05, 3.63) is 0 Å². The van der Waals surface area contributed by atoms with E-state index in [0.717, 1.165) is 51.4 Å². The van der Waals surface area contributed by atoms with Crippen LogP contribution >= 0.6 is 0 Å². The molecule has 3 rings (SSSR count). The second kappa shape index (κ2) is 9.13. The lowest BCUT2D eigenvalue weighted by molar-refractivity contribution is -0.141. The van der Waals surface area contributed by atoms with Crippen LogP contribution in [-0.2, 0) is 14.3 Å². The summed E-state index contributed by atoms with van der Waals surface area (Å²) in [6.45, 7) is 0. The van der Waals surface area contributed by atoms with Crippen molar-refractivity contribution < 1.29 is 24.5 Å². The standard InChI is InChI=1S/C21H36O5/c1-25-20-10-13-5-3-4-6-15(22)12-19(24)14-7-8-18(23)16(11-14)17(9-13)21(20)26-2/h13-18,20-23H,3-12H2,1-2H3/t13?,14?,15-,16?,17?,18?,20?,21?/m0/s1. The predicted molar refractivity (Wildman–Crippen MR) is 98.7 cm³/mol. The molecule has 8 atom stereocenters. The number of rotatable bonds is 2.